The molecule has 0 atom stereocenters. The Morgan fingerprint density at radius 3 is 2.58 bits per heavy atom. The molecule has 0 fully saturated rings. The topological polar surface area (TPSA) is 81.5 Å². The van der Waals surface area contributed by atoms with Gasteiger partial charge in [0.1, 0.15) is 5.75 Å². The number of hydrogen-bond donors (Lipinski definition) is 1. The number of nitrogens with zero attached hydrogens (tertiary/aromatic N) is 1. The monoisotopic (exact) mass is 328 g/mol. The van der Waals surface area contributed by atoms with Gasteiger partial charge in [-0.25, -0.2) is 0 Å². The quantitative estimate of drug-likeness (QED) is 0.473. The van der Waals surface area contributed by atoms with Gasteiger partial charge in [0.05, 0.1) is 11.5 Å². The van der Waals surface area contributed by atoms with Crippen molar-refractivity contribution in [3.8, 4) is 5.75 Å². The third kappa shape index (κ3) is 4.81. The number of aryl methyl sites for hydroxylation is 2. The molecule has 6 nitrogen and oxygen atoms in total. The zero-order valence-electron chi connectivity index (χ0n) is 13.7. The number of carbonyl (C=O) groups excluding carboxylic acids is 1. The highest BCUT2D eigenvalue weighted by Gasteiger charge is 2.10. The summed E-state index contributed by atoms with van der Waals surface area (Å²) in [6.07, 6.45) is 0.911. The number of amides is 1. The zero-order chi connectivity index (χ0) is 17.5. The van der Waals surface area contributed by atoms with Crippen LogP contribution in [0.2, 0.25) is 0 Å². The van der Waals surface area contributed by atoms with Crippen LogP contribution in [-0.2, 0) is 4.79 Å². The molecule has 0 aromatic heterocycles. The molecule has 0 aliphatic carbocycles. The fourth-order valence-electron chi connectivity index (χ4n) is 2.25. The van der Waals surface area contributed by atoms with Crippen molar-refractivity contribution in [3.63, 3.8) is 0 Å². The van der Waals surface area contributed by atoms with Gasteiger partial charge in [-0.05, 0) is 43.5 Å². The van der Waals surface area contributed by atoms with Crippen LogP contribution in [0.1, 0.15) is 24.0 Å². The number of hydrogen-bond acceptors (Lipinski definition) is 4. The summed E-state index contributed by atoms with van der Waals surface area (Å²) < 4.78 is 5.65. The van der Waals surface area contributed by atoms with Gasteiger partial charge < -0.3 is 10.1 Å². The van der Waals surface area contributed by atoms with Crippen LogP contribution in [0.25, 0.3) is 0 Å². The lowest BCUT2D eigenvalue weighted by molar-refractivity contribution is -0.384. The van der Waals surface area contributed by atoms with Crippen molar-refractivity contribution < 1.29 is 14.5 Å². The third-order valence-electron chi connectivity index (χ3n) is 3.59. The third-order valence-corrected chi connectivity index (χ3v) is 3.59. The second-order valence-electron chi connectivity index (χ2n) is 5.52. The number of carbonyl (C=O) groups is 1. The minimum Gasteiger partial charge on any atom is -0.493 e. The fraction of sp³-hybridized carbons (Fsp3) is 0.278. The minimum absolute atomic E-state index is 0.0112. The summed E-state index contributed by atoms with van der Waals surface area (Å²) in [6.45, 7) is 4.15. The first-order valence-electron chi connectivity index (χ1n) is 7.70. The van der Waals surface area contributed by atoms with E-state index in [9.17, 15) is 14.9 Å². The highest BCUT2D eigenvalue weighted by molar-refractivity contribution is 5.91. The Bertz CT molecular complexity index is 744. The number of ether oxygens (including phenoxy) is 1. The zero-order valence-corrected chi connectivity index (χ0v) is 13.7. The molecule has 0 aliphatic rings. The molecule has 0 unspecified atom stereocenters. The average Bonchev–Trinajstić information content (AvgIpc) is 2.55. The summed E-state index contributed by atoms with van der Waals surface area (Å²) in [5.74, 6) is 0.685. The van der Waals surface area contributed by atoms with Gasteiger partial charge in [0.15, 0.2) is 0 Å². The van der Waals surface area contributed by atoms with E-state index >= 15 is 0 Å². The second-order valence-corrected chi connectivity index (χ2v) is 5.52. The molecule has 2 aromatic carbocycles. The van der Waals surface area contributed by atoms with Gasteiger partial charge in [0, 0.05) is 24.2 Å². The minimum atomic E-state index is -0.457. The molecule has 1 N–H and O–H groups in total. The Hall–Kier alpha value is -2.89. The largest absolute Gasteiger partial charge is 0.493 e. The van der Waals surface area contributed by atoms with E-state index in [1.807, 2.05) is 31.2 Å². The Balaban J connectivity index is 1.79. The van der Waals surface area contributed by atoms with Gasteiger partial charge in [-0.3, -0.25) is 14.9 Å². The van der Waals surface area contributed by atoms with E-state index in [4.69, 9.17) is 4.74 Å². The molecule has 1 amide bonds. The molecule has 126 valence electrons. The molecule has 0 saturated heterocycles. The van der Waals surface area contributed by atoms with Gasteiger partial charge in [-0.15, -0.1) is 0 Å². The summed E-state index contributed by atoms with van der Waals surface area (Å²) in [4.78, 5) is 22.2. The predicted octanol–water partition coefficient (Wildman–Crippen LogP) is 4.01. The van der Waals surface area contributed by atoms with E-state index in [0.29, 0.717) is 30.7 Å². The maximum atomic E-state index is 12.0. The Morgan fingerprint density at radius 2 is 1.92 bits per heavy atom. The normalized spacial score (nSPS) is 10.2. The molecular formula is C18H20N2O4. The first-order chi connectivity index (χ1) is 11.5. The van der Waals surface area contributed by atoms with Gasteiger partial charge in [-0.2, -0.15) is 0 Å². The molecule has 0 saturated carbocycles. The van der Waals surface area contributed by atoms with E-state index in [1.165, 1.54) is 12.1 Å². The maximum absolute atomic E-state index is 12.0. The summed E-state index contributed by atoms with van der Waals surface area (Å²) in [5, 5.41) is 13.5. The second kappa shape index (κ2) is 8.10. The molecule has 0 aliphatic heterocycles. The Morgan fingerprint density at radius 1 is 1.17 bits per heavy atom. The van der Waals surface area contributed by atoms with Crippen LogP contribution in [0.3, 0.4) is 0 Å². The molecular weight excluding hydrogens is 308 g/mol. The molecule has 0 spiro atoms. The summed E-state index contributed by atoms with van der Waals surface area (Å²) in [7, 11) is 0. The first kappa shape index (κ1) is 17.5. The predicted molar refractivity (Wildman–Crippen MR) is 92.4 cm³/mol. The maximum Gasteiger partial charge on any atom is 0.269 e. The van der Waals surface area contributed by atoms with Crippen molar-refractivity contribution in [3.05, 3.63) is 63.7 Å². The number of nitro groups is 1. The number of non-ortho nitro benzene ring substituents is 1. The van der Waals surface area contributed by atoms with Crippen molar-refractivity contribution in [2.75, 3.05) is 11.9 Å². The highest BCUT2D eigenvalue weighted by Crippen LogP contribution is 2.21. The van der Waals surface area contributed by atoms with Crippen LogP contribution in [-0.4, -0.2) is 17.4 Å². The molecule has 6 heteroatoms. The number of anilines is 1. The summed E-state index contributed by atoms with van der Waals surface area (Å²) >= 11 is 0. The molecule has 24 heavy (non-hydrogen) atoms. The lowest BCUT2D eigenvalue weighted by atomic mass is 10.1. The van der Waals surface area contributed by atoms with Crippen molar-refractivity contribution in [1.29, 1.82) is 0 Å². The van der Waals surface area contributed by atoms with Crippen LogP contribution < -0.4 is 10.1 Å². The van der Waals surface area contributed by atoms with Crippen LogP contribution in [0.15, 0.2) is 42.5 Å². The lowest BCUT2D eigenvalue weighted by Gasteiger charge is -2.10. The molecule has 2 aromatic rings. The van der Waals surface area contributed by atoms with E-state index in [0.717, 1.165) is 11.3 Å². The molecule has 0 bridgehead atoms. The van der Waals surface area contributed by atoms with Gasteiger partial charge >= 0.3 is 0 Å². The molecule has 0 heterocycles. The fourth-order valence-corrected chi connectivity index (χ4v) is 2.25. The van der Waals surface area contributed by atoms with Gasteiger partial charge in [-0.1, -0.05) is 18.2 Å². The Labute approximate surface area is 140 Å². The first-order valence-corrected chi connectivity index (χ1v) is 7.70. The molecule has 2 rings (SSSR count). The van der Waals surface area contributed by atoms with Crippen LogP contribution in [0.4, 0.5) is 11.4 Å². The van der Waals surface area contributed by atoms with E-state index in [2.05, 4.69) is 5.32 Å². The van der Waals surface area contributed by atoms with Crippen molar-refractivity contribution in [2.45, 2.75) is 26.7 Å². The average molecular weight is 328 g/mol. The van der Waals surface area contributed by atoms with Crippen LogP contribution in [0.5, 0.6) is 5.75 Å². The standard InChI is InChI=1S/C18H20N2O4/c1-13-6-3-4-7-17(13)24-11-5-8-18(21)19-16-10-9-15(20(22)23)12-14(16)2/h3-4,6-7,9-10,12H,5,8,11H2,1-2H3,(H,19,21). The van der Waals surface area contributed by atoms with E-state index in [-0.39, 0.29) is 11.6 Å². The highest BCUT2D eigenvalue weighted by atomic mass is 16.6. The molecule has 0 radical (unpaired) electrons. The number of benzene rings is 2. The summed E-state index contributed by atoms with van der Waals surface area (Å²) in [6, 6.07) is 12.1. The smallest absolute Gasteiger partial charge is 0.269 e. The summed E-state index contributed by atoms with van der Waals surface area (Å²) in [5.41, 5.74) is 2.32. The van der Waals surface area contributed by atoms with Gasteiger partial charge in [0.2, 0.25) is 5.91 Å². The van der Waals surface area contributed by atoms with Crippen molar-refractivity contribution >= 4 is 17.3 Å². The van der Waals surface area contributed by atoms with E-state index < -0.39 is 4.92 Å². The lowest BCUT2D eigenvalue weighted by Crippen LogP contribution is -2.13. The number of para-hydroxylation sites is 1. The van der Waals surface area contributed by atoms with Gasteiger partial charge in [0.25, 0.3) is 5.69 Å². The van der Waals surface area contributed by atoms with Crippen molar-refractivity contribution in [1.82, 2.24) is 0 Å². The van der Waals surface area contributed by atoms with Crippen molar-refractivity contribution in [2.24, 2.45) is 0 Å². The van der Waals surface area contributed by atoms with Crippen LogP contribution in [0, 0.1) is 24.0 Å². The SMILES string of the molecule is Cc1cc([N+](=O)[O-])ccc1NC(=O)CCCOc1ccccc1C. The van der Waals surface area contributed by atoms with E-state index in [1.54, 1.807) is 13.0 Å². The van der Waals surface area contributed by atoms with Crippen LogP contribution >= 0.6 is 0 Å². The number of nitro benzene ring substituents is 1. The Kier molecular flexibility index (Phi) is 5.89. The number of rotatable bonds is 7. The number of nitrogens with one attached hydrogen (secondary N) is 1.